The van der Waals surface area contributed by atoms with E-state index in [1.807, 2.05) is 0 Å². The summed E-state index contributed by atoms with van der Waals surface area (Å²) < 4.78 is 6.63. The average molecular weight is 415 g/mol. The minimum atomic E-state index is -0.516. The molecule has 0 saturated carbocycles. The molecule has 0 radical (unpaired) electrons. The van der Waals surface area contributed by atoms with Gasteiger partial charge < -0.3 is 10.5 Å². The molecule has 8 heteroatoms. The van der Waals surface area contributed by atoms with Gasteiger partial charge in [0.1, 0.15) is 11.6 Å². The molecule has 0 saturated heterocycles. The van der Waals surface area contributed by atoms with Crippen molar-refractivity contribution in [3.63, 3.8) is 0 Å². The lowest BCUT2D eigenvalue weighted by molar-refractivity contribution is -0.385. The summed E-state index contributed by atoms with van der Waals surface area (Å²) in [6, 6.07) is 9.37. The van der Waals surface area contributed by atoms with Crippen LogP contribution >= 0.6 is 31.9 Å². The van der Waals surface area contributed by atoms with Crippen LogP contribution < -0.4 is 10.5 Å². The highest BCUT2D eigenvalue weighted by Gasteiger charge is 2.19. The van der Waals surface area contributed by atoms with E-state index in [0.717, 1.165) is 0 Å². The van der Waals surface area contributed by atoms with Crippen molar-refractivity contribution in [1.29, 1.82) is 5.41 Å². The number of nitrogens with zero attached hydrogens (tertiary/aromatic N) is 1. The van der Waals surface area contributed by atoms with Gasteiger partial charge in [-0.25, -0.2) is 0 Å². The van der Waals surface area contributed by atoms with Gasteiger partial charge in [-0.3, -0.25) is 15.5 Å². The number of nitrogens with two attached hydrogens (primary N) is 1. The first-order valence-corrected chi connectivity index (χ1v) is 7.23. The van der Waals surface area contributed by atoms with E-state index in [1.165, 1.54) is 6.07 Å². The molecule has 0 spiro atoms. The Labute approximate surface area is 136 Å². The van der Waals surface area contributed by atoms with Gasteiger partial charge in [-0.05, 0) is 56.1 Å². The molecule has 0 fully saturated rings. The van der Waals surface area contributed by atoms with Crippen LogP contribution in [0.3, 0.4) is 0 Å². The van der Waals surface area contributed by atoms with Crippen molar-refractivity contribution in [2.24, 2.45) is 5.73 Å². The number of rotatable bonds is 4. The van der Waals surface area contributed by atoms with Gasteiger partial charge in [0.15, 0.2) is 0 Å². The molecule has 108 valence electrons. The molecule has 21 heavy (non-hydrogen) atoms. The molecule has 0 unspecified atom stereocenters. The molecule has 0 aromatic heterocycles. The maximum atomic E-state index is 11.0. The SMILES string of the molecule is N=C(N)c1ccc(Oc2c(Br)cccc2[N+](=O)[O-])c(Br)c1. The predicted molar refractivity (Wildman–Crippen MR) is 86.0 cm³/mol. The van der Waals surface area contributed by atoms with Crippen LogP contribution in [-0.2, 0) is 0 Å². The van der Waals surface area contributed by atoms with Crippen LogP contribution in [0.5, 0.6) is 11.5 Å². The molecular formula is C13H9Br2N3O3. The van der Waals surface area contributed by atoms with E-state index in [4.69, 9.17) is 15.9 Å². The third kappa shape index (κ3) is 3.40. The van der Waals surface area contributed by atoms with Gasteiger partial charge in [-0.1, -0.05) is 6.07 Å². The number of hydrogen-bond acceptors (Lipinski definition) is 4. The summed E-state index contributed by atoms with van der Waals surface area (Å²) in [6.07, 6.45) is 0. The van der Waals surface area contributed by atoms with Crippen LogP contribution in [0, 0.1) is 15.5 Å². The highest BCUT2D eigenvalue weighted by Crippen LogP contribution is 2.40. The third-order valence-electron chi connectivity index (χ3n) is 2.60. The zero-order chi connectivity index (χ0) is 15.6. The minimum absolute atomic E-state index is 0.0749. The van der Waals surface area contributed by atoms with Crippen LogP contribution in [0.4, 0.5) is 5.69 Å². The number of ether oxygens (including phenoxy) is 1. The van der Waals surface area contributed by atoms with E-state index in [9.17, 15) is 10.1 Å². The third-order valence-corrected chi connectivity index (χ3v) is 3.84. The molecule has 0 bridgehead atoms. The topological polar surface area (TPSA) is 102 Å². The zero-order valence-electron chi connectivity index (χ0n) is 10.5. The maximum absolute atomic E-state index is 11.0. The number of halogens is 2. The average Bonchev–Trinajstić information content (AvgIpc) is 2.42. The fourth-order valence-corrected chi connectivity index (χ4v) is 2.50. The Kier molecular flexibility index (Phi) is 4.59. The zero-order valence-corrected chi connectivity index (χ0v) is 13.6. The van der Waals surface area contributed by atoms with E-state index >= 15 is 0 Å². The highest BCUT2D eigenvalue weighted by molar-refractivity contribution is 9.11. The van der Waals surface area contributed by atoms with Crippen molar-refractivity contribution < 1.29 is 9.66 Å². The molecule has 3 N–H and O–H groups in total. The second-order valence-electron chi connectivity index (χ2n) is 4.01. The number of benzene rings is 2. The number of para-hydroxylation sites is 1. The largest absolute Gasteiger partial charge is 0.448 e. The van der Waals surface area contributed by atoms with Crippen LogP contribution in [-0.4, -0.2) is 10.8 Å². The van der Waals surface area contributed by atoms with E-state index in [-0.39, 0.29) is 17.3 Å². The summed E-state index contributed by atoms with van der Waals surface area (Å²) in [5.74, 6) is 0.419. The van der Waals surface area contributed by atoms with E-state index in [0.29, 0.717) is 20.3 Å². The number of amidine groups is 1. The number of nitrogen functional groups attached to an aromatic ring is 1. The van der Waals surface area contributed by atoms with Crippen molar-refractivity contribution in [3.05, 3.63) is 61.0 Å². The lowest BCUT2D eigenvalue weighted by atomic mass is 10.2. The number of nitro groups is 1. The van der Waals surface area contributed by atoms with Crippen molar-refractivity contribution in [1.82, 2.24) is 0 Å². The first kappa shape index (κ1) is 15.5. The Morgan fingerprint density at radius 3 is 2.52 bits per heavy atom. The van der Waals surface area contributed by atoms with E-state index in [2.05, 4.69) is 31.9 Å². The van der Waals surface area contributed by atoms with E-state index in [1.54, 1.807) is 30.3 Å². The maximum Gasteiger partial charge on any atom is 0.312 e. The summed E-state index contributed by atoms with van der Waals surface area (Å²) in [5.41, 5.74) is 5.78. The van der Waals surface area contributed by atoms with Gasteiger partial charge in [0.25, 0.3) is 0 Å². The molecule has 2 rings (SSSR count). The van der Waals surface area contributed by atoms with Crippen molar-refractivity contribution >= 4 is 43.4 Å². The molecule has 0 aliphatic carbocycles. The lowest BCUT2D eigenvalue weighted by Gasteiger charge is -2.10. The Hall–Kier alpha value is -1.93. The summed E-state index contributed by atoms with van der Waals surface area (Å²) in [5, 5.41) is 18.4. The van der Waals surface area contributed by atoms with Crippen LogP contribution in [0.25, 0.3) is 0 Å². The number of nitrogens with one attached hydrogen (secondary N) is 1. The van der Waals surface area contributed by atoms with Gasteiger partial charge in [0, 0.05) is 11.6 Å². The summed E-state index contributed by atoms with van der Waals surface area (Å²) in [7, 11) is 0. The standard InChI is InChI=1S/C13H9Br2N3O3/c14-8-2-1-3-10(18(19)20)12(8)21-11-5-4-7(13(16)17)6-9(11)15/h1-6H,(H3,16,17). The number of nitro benzene ring substituents is 1. The van der Waals surface area contributed by atoms with Crippen molar-refractivity contribution in [2.45, 2.75) is 0 Å². The molecule has 0 aliphatic rings. The molecular weight excluding hydrogens is 406 g/mol. The van der Waals surface area contributed by atoms with Gasteiger partial charge in [0.2, 0.25) is 5.75 Å². The second kappa shape index (κ2) is 6.23. The first-order valence-electron chi connectivity index (χ1n) is 5.65. The summed E-state index contributed by atoms with van der Waals surface area (Å²) in [6.45, 7) is 0. The van der Waals surface area contributed by atoms with Gasteiger partial charge in [-0.15, -0.1) is 0 Å². The fourth-order valence-electron chi connectivity index (χ4n) is 1.60. The molecule has 2 aromatic rings. The van der Waals surface area contributed by atoms with Crippen LogP contribution in [0.1, 0.15) is 5.56 Å². The molecule has 0 amide bonds. The summed E-state index contributed by atoms with van der Waals surface area (Å²) >= 11 is 6.53. The molecule has 2 aromatic carbocycles. The van der Waals surface area contributed by atoms with E-state index < -0.39 is 4.92 Å². The Morgan fingerprint density at radius 1 is 1.24 bits per heavy atom. The molecule has 0 atom stereocenters. The lowest BCUT2D eigenvalue weighted by Crippen LogP contribution is -2.10. The minimum Gasteiger partial charge on any atom is -0.448 e. The van der Waals surface area contributed by atoms with Crippen molar-refractivity contribution in [2.75, 3.05) is 0 Å². The Balaban J connectivity index is 2.44. The van der Waals surface area contributed by atoms with Crippen LogP contribution in [0.2, 0.25) is 0 Å². The predicted octanol–water partition coefficient (Wildman–Crippen LogP) is 4.20. The fraction of sp³-hybridized carbons (Fsp3) is 0. The van der Waals surface area contributed by atoms with Gasteiger partial charge in [0.05, 0.1) is 13.9 Å². The van der Waals surface area contributed by atoms with Crippen LogP contribution in [0.15, 0.2) is 45.3 Å². The van der Waals surface area contributed by atoms with Crippen molar-refractivity contribution in [3.8, 4) is 11.5 Å². The molecule has 6 nitrogen and oxygen atoms in total. The number of hydrogen-bond donors (Lipinski definition) is 2. The molecule has 0 heterocycles. The Morgan fingerprint density at radius 2 is 1.95 bits per heavy atom. The monoisotopic (exact) mass is 413 g/mol. The van der Waals surface area contributed by atoms with Gasteiger partial charge in [-0.2, -0.15) is 0 Å². The second-order valence-corrected chi connectivity index (χ2v) is 5.71. The summed E-state index contributed by atoms with van der Waals surface area (Å²) in [4.78, 5) is 10.5. The smallest absolute Gasteiger partial charge is 0.312 e. The molecule has 0 aliphatic heterocycles. The first-order chi connectivity index (χ1) is 9.90. The quantitative estimate of drug-likeness (QED) is 0.338. The normalized spacial score (nSPS) is 10.2. The van der Waals surface area contributed by atoms with Gasteiger partial charge >= 0.3 is 5.69 Å². The Bertz CT molecular complexity index is 735. The highest BCUT2D eigenvalue weighted by atomic mass is 79.9.